The van der Waals surface area contributed by atoms with Crippen LogP contribution < -0.4 is 0 Å². The second-order valence-corrected chi connectivity index (χ2v) is 9.12. The number of rotatable bonds is 10. The summed E-state index contributed by atoms with van der Waals surface area (Å²) in [6, 6.07) is 0. The normalized spacial score (nSPS) is 20.7. The van der Waals surface area contributed by atoms with E-state index in [2.05, 4.69) is 6.92 Å². The Hall–Kier alpha value is -0.740. The van der Waals surface area contributed by atoms with Crippen molar-refractivity contribution < 1.29 is 27.9 Å². The van der Waals surface area contributed by atoms with Crippen LogP contribution in [0.3, 0.4) is 0 Å². The van der Waals surface area contributed by atoms with E-state index in [1.54, 1.807) is 0 Å². The molecule has 8 nitrogen and oxygen atoms in total. The molecule has 2 fully saturated rings. The van der Waals surface area contributed by atoms with Gasteiger partial charge in [-0.05, 0) is 32.1 Å². The van der Waals surface area contributed by atoms with Crippen molar-refractivity contribution in [1.29, 1.82) is 0 Å². The number of amides is 1. The van der Waals surface area contributed by atoms with Crippen molar-refractivity contribution in [3.05, 3.63) is 0 Å². The second-order valence-electron chi connectivity index (χ2n) is 7.36. The third-order valence-electron chi connectivity index (χ3n) is 5.31. The van der Waals surface area contributed by atoms with Gasteiger partial charge in [0, 0.05) is 38.8 Å². The molecule has 2 aliphatic heterocycles. The van der Waals surface area contributed by atoms with Gasteiger partial charge in [0.25, 0.3) is 5.91 Å². The average Bonchev–Trinajstić information content (AvgIpc) is 2.70. The van der Waals surface area contributed by atoms with E-state index < -0.39 is 22.0 Å². The van der Waals surface area contributed by atoms with Gasteiger partial charge in [0.2, 0.25) is 0 Å². The zero-order chi connectivity index (χ0) is 19.7. The summed E-state index contributed by atoms with van der Waals surface area (Å²) in [5.41, 5.74) is 0. The highest BCUT2D eigenvalue weighted by molar-refractivity contribution is 7.87. The fourth-order valence-electron chi connectivity index (χ4n) is 3.51. The van der Waals surface area contributed by atoms with Crippen molar-refractivity contribution >= 4 is 16.1 Å². The number of ether oxygens (including phenoxy) is 2. The maximum absolute atomic E-state index is 12.5. The van der Waals surface area contributed by atoms with Crippen molar-refractivity contribution in [3.63, 3.8) is 0 Å². The van der Waals surface area contributed by atoms with E-state index in [4.69, 9.17) is 9.47 Å². The number of unbranched alkanes of at least 4 members (excludes halogenated alkanes) is 4. The lowest BCUT2D eigenvalue weighted by molar-refractivity contribution is -0.154. The van der Waals surface area contributed by atoms with Crippen LogP contribution in [0.4, 0.5) is 0 Å². The molecule has 0 spiro atoms. The Balaban J connectivity index is 1.74. The minimum atomic E-state index is -4.19. The molecule has 0 aliphatic carbocycles. The quantitative estimate of drug-likeness (QED) is 0.340. The molecule has 2 rings (SSSR count). The Morgan fingerprint density at radius 1 is 1.11 bits per heavy atom. The van der Waals surface area contributed by atoms with Gasteiger partial charge in [-0.1, -0.05) is 37.1 Å². The van der Waals surface area contributed by atoms with E-state index in [1.165, 1.54) is 23.6 Å². The van der Waals surface area contributed by atoms with E-state index in [-0.39, 0.29) is 23.7 Å². The number of piperidine rings is 1. The molecular weight excluding hydrogens is 372 g/mol. The summed E-state index contributed by atoms with van der Waals surface area (Å²) in [5.74, 6) is -1.27. The number of nitrogens with zero attached hydrogens (tertiary/aromatic N) is 2. The predicted octanol–water partition coefficient (Wildman–Crippen LogP) is 2.33. The molecule has 2 aliphatic rings. The predicted molar refractivity (Wildman–Crippen MR) is 100 cm³/mol. The van der Waals surface area contributed by atoms with Crippen molar-refractivity contribution in [2.75, 3.05) is 32.9 Å². The number of carbonyl (C=O) groups is 1. The maximum atomic E-state index is 12.5. The Morgan fingerprint density at radius 2 is 1.74 bits per heavy atom. The zero-order valence-electron chi connectivity index (χ0n) is 16.3. The molecule has 0 aromatic carbocycles. The van der Waals surface area contributed by atoms with Gasteiger partial charge in [-0.3, -0.25) is 10.0 Å². The first-order valence-corrected chi connectivity index (χ1v) is 11.6. The highest BCUT2D eigenvalue weighted by Crippen LogP contribution is 2.22. The lowest BCUT2D eigenvalue weighted by Crippen LogP contribution is -2.50. The van der Waals surface area contributed by atoms with Crippen LogP contribution in [0.15, 0.2) is 0 Å². The smallest absolute Gasteiger partial charge is 0.329 e. The first kappa shape index (κ1) is 22.5. The molecule has 2 saturated heterocycles. The van der Waals surface area contributed by atoms with Crippen molar-refractivity contribution in [3.8, 4) is 0 Å². The van der Waals surface area contributed by atoms with Gasteiger partial charge in [0.1, 0.15) is 0 Å². The van der Waals surface area contributed by atoms with Crippen molar-refractivity contribution in [2.24, 2.45) is 5.92 Å². The topological polar surface area (TPSA) is 96.4 Å². The van der Waals surface area contributed by atoms with Gasteiger partial charge in [-0.15, -0.1) is 0 Å². The Bertz CT molecular complexity index is 542. The third-order valence-corrected chi connectivity index (χ3v) is 6.94. The van der Waals surface area contributed by atoms with Crippen LogP contribution in [0.5, 0.6) is 0 Å². The number of hydrogen-bond acceptors (Lipinski definition) is 6. The van der Waals surface area contributed by atoms with Crippen LogP contribution in [-0.2, 0) is 24.5 Å². The summed E-state index contributed by atoms with van der Waals surface area (Å²) in [4.78, 5) is 12.3. The summed E-state index contributed by atoms with van der Waals surface area (Å²) in [7, 11) is -4.19. The molecule has 0 saturated carbocycles. The maximum Gasteiger partial charge on any atom is 0.329 e. The fraction of sp³-hybridized carbons (Fsp3) is 0.944. The monoisotopic (exact) mass is 406 g/mol. The first-order valence-electron chi connectivity index (χ1n) is 10.2. The largest absolute Gasteiger partial charge is 0.381 e. The Kier molecular flexibility index (Phi) is 9.44. The molecule has 0 aromatic rings. The molecule has 1 amide bonds. The van der Waals surface area contributed by atoms with Gasteiger partial charge >= 0.3 is 10.2 Å². The highest BCUT2D eigenvalue weighted by Gasteiger charge is 2.38. The summed E-state index contributed by atoms with van der Waals surface area (Å²) in [5, 5.41) is 10.0. The van der Waals surface area contributed by atoms with Gasteiger partial charge in [-0.2, -0.15) is 12.7 Å². The summed E-state index contributed by atoms with van der Waals surface area (Å²) in [6.07, 6.45) is 7.94. The van der Waals surface area contributed by atoms with Gasteiger partial charge in [-0.25, -0.2) is 0 Å². The molecule has 0 atom stereocenters. The second kappa shape index (κ2) is 11.3. The molecule has 0 radical (unpaired) electrons. The molecular formula is C18H34N2O6S. The standard InChI is InChI=1S/C18H34N2O6S/c1-2-3-4-5-6-13-26-17-7-11-19(12-8-17)27(23,24)20(22)18(21)16-9-14-25-15-10-16/h16-17,22H,2-15H2,1H3. The molecule has 158 valence electrons. The van der Waals surface area contributed by atoms with Gasteiger partial charge in [0.05, 0.1) is 6.10 Å². The van der Waals surface area contributed by atoms with Crippen LogP contribution in [0, 0.1) is 5.92 Å². The lowest BCUT2D eigenvalue weighted by Gasteiger charge is -2.33. The van der Waals surface area contributed by atoms with Gasteiger partial charge < -0.3 is 9.47 Å². The van der Waals surface area contributed by atoms with Crippen LogP contribution in [-0.4, -0.2) is 67.3 Å². The summed E-state index contributed by atoms with van der Waals surface area (Å²) in [6.45, 7) is 4.21. The highest BCUT2D eigenvalue weighted by atomic mass is 32.2. The zero-order valence-corrected chi connectivity index (χ0v) is 17.2. The Morgan fingerprint density at radius 3 is 2.37 bits per heavy atom. The summed E-state index contributed by atoms with van der Waals surface area (Å²) < 4.78 is 37.2. The number of hydroxylamine groups is 1. The van der Waals surface area contributed by atoms with Crippen molar-refractivity contribution in [1.82, 2.24) is 8.77 Å². The van der Waals surface area contributed by atoms with E-state index in [9.17, 15) is 18.4 Å². The van der Waals surface area contributed by atoms with Crippen molar-refractivity contribution in [2.45, 2.75) is 70.8 Å². The molecule has 2 heterocycles. The molecule has 0 bridgehead atoms. The number of carbonyl (C=O) groups excluding carboxylic acids is 1. The average molecular weight is 407 g/mol. The molecule has 9 heteroatoms. The first-order chi connectivity index (χ1) is 13.0. The summed E-state index contributed by atoms with van der Waals surface area (Å²) >= 11 is 0. The number of hydrogen-bond donors (Lipinski definition) is 1. The van der Waals surface area contributed by atoms with Crippen LogP contribution in [0.2, 0.25) is 0 Å². The molecule has 27 heavy (non-hydrogen) atoms. The molecule has 1 N–H and O–H groups in total. The van der Waals surface area contributed by atoms with Gasteiger partial charge in [0.15, 0.2) is 0 Å². The minimum absolute atomic E-state index is 0.0426. The van der Waals surface area contributed by atoms with E-state index in [0.717, 1.165) is 12.8 Å². The van der Waals surface area contributed by atoms with Crippen LogP contribution in [0.25, 0.3) is 0 Å². The van der Waals surface area contributed by atoms with E-state index >= 15 is 0 Å². The van der Waals surface area contributed by atoms with Crippen LogP contribution >= 0.6 is 0 Å². The van der Waals surface area contributed by atoms with E-state index in [1.807, 2.05) is 0 Å². The SMILES string of the molecule is CCCCCCCOC1CCN(S(=O)(=O)N(O)C(=O)C2CCOCC2)CC1. The molecule has 0 aromatic heterocycles. The fourth-order valence-corrected chi connectivity index (χ4v) is 4.78. The Labute approximate surface area is 162 Å². The van der Waals surface area contributed by atoms with E-state index in [0.29, 0.717) is 45.5 Å². The minimum Gasteiger partial charge on any atom is -0.381 e. The lowest BCUT2D eigenvalue weighted by atomic mass is 10.00. The molecule has 0 unspecified atom stereocenters. The third kappa shape index (κ3) is 6.67. The van der Waals surface area contributed by atoms with Crippen LogP contribution in [0.1, 0.15) is 64.7 Å².